The molecule has 1 atom stereocenters. The van der Waals surface area contributed by atoms with Crippen molar-refractivity contribution < 1.29 is 23.1 Å². The van der Waals surface area contributed by atoms with Gasteiger partial charge in [0.1, 0.15) is 0 Å². The van der Waals surface area contributed by atoms with Crippen LogP contribution in [-0.2, 0) is 23.1 Å². The molecule has 106 valence electrons. The van der Waals surface area contributed by atoms with E-state index in [-0.39, 0.29) is 12.1 Å². The lowest BCUT2D eigenvalue weighted by atomic mass is 10.2. The lowest BCUT2D eigenvalue weighted by molar-refractivity contribution is -0.137. The summed E-state index contributed by atoms with van der Waals surface area (Å²) in [5.41, 5.74) is 0. The normalized spacial score (nSPS) is 13.8. The summed E-state index contributed by atoms with van der Waals surface area (Å²) in [5.74, 6) is -0.481. The number of esters is 1. The second-order valence-corrected chi connectivity index (χ2v) is 5.82. The van der Waals surface area contributed by atoms with E-state index in [4.69, 9.17) is 13.8 Å². The van der Waals surface area contributed by atoms with Gasteiger partial charge in [0.2, 0.25) is 0 Å². The Bertz CT molecular complexity index is 304. The molecule has 0 aliphatic heterocycles. The molecule has 5 nitrogen and oxygen atoms in total. The van der Waals surface area contributed by atoms with Crippen LogP contribution in [-0.4, -0.2) is 32.0 Å². The first-order valence-corrected chi connectivity index (χ1v) is 7.93. The van der Waals surface area contributed by atoms with E-state index in [9.17, 15) is 9.36 Å². The predicted molar refractivity (Wildman–Crippen MR) is 70.7 cm³/mol. The van der Waals surface area contributed by atoms with E-state index in [1.165, 1.54) is 6.08 Å². The molecule has 0 heterocycles. The largest absolute Gasteiger partial charge is 0.463 e. The Kier molecular flexibility index (Phi) is 8.98. The molecule has 0 aliphatic carbocycles. The molecule has 0 aromatic carbocycles. The lowest BCUT2D eigenvalue weighted by Gasteiger charge is -2.18. The summed E-state index contributed by atoms with van der Waals surface area (Å²) in [6.45, 7) is 8.15. The fraction of sp³-hybridized carbons (Fsp3) is 0.750. The maximum atomic E-state index is 12.2. The molecule has 0 amide bonds. The topological polar surface area (TPSA) is 61.8 Å². The number of hydrogen-bond acceptors (Lipinski definition) is 5. The summed E-state index contributed by atoms with van der Waals surface area (Å²) in [4.78, 5) is 11.1. The van der Waals surface area contributed by atoms with Crippen LogP contribution >= 0.6 is 7.60 Å². The van der Waals surface area contributed by atoms with Gasteiger partial charge in [-0.05, 0) is 26.7 Å². The number of ether oxygens (including phenoxy) is 1. The minimum Gasteiger partial charge on any atom is -0.463 e. The highest BCUT2D eigenvalue weighted by atomic mass is 31.2. The number of carbonyl (C=O) groups is 1. The van der Waals surface area contributed by atoms with Gasteiger partial charge in [-0.3, -0.25) is 4.57 Å². The van der Waals surface area contributed by atoms with Gasteiger partial charge in [0.15, 0.2) is 0 Å². The molecule has 18 heavy (non-hydrogen) atoms. The van der Waals surface area contributed by atoms with Gasteiger partial charge in [-0.15, -0.1) is 0 Å². The maximum absolute atomic E-state index is 12.2. The van der Waals surface area contributed by atoms with Gasteiger partial charge in [0.05, 0.1) is 26.0 Å². The third kappa shape index (κ3) is 7.64. The second kappa shape index (κ2) is 9.31. The maximum Gasteiger partial charge on any atom is 0.331 e. The SMILES string of the molecule is CCOC(=O)/C=C/[C@@H](C)CP(=O)(OCC)OCC. The molecule has 0 fully saturated rings. The zero-order valence-corrected chi connectivity index (χ0v) is 12.4. The minimum absolute atomic E-state index is 0.0849. The van der Waals surface area contributed by atoms with Crippen LogP contribution in [0, 0.1) is 5.92 Å². The standard InChI is InChI=1S/C12H23O5P/c1-5-15-12(13)9-8-11(4)10-18(14,16-6-2)17-7-3/h8-9,11H,5-7,10H2,1-4H3/b9-8+/t11-/m1/s1. The summed E-state index contributed by atoms with van der Waals surface area (Å²) < 4.78 is 27.3. The molecule has 0 radical (unpaired) electrons. The zero-order valence-electron chi connectivity index (χ0n) is 11.5. The van der Waals surface area contributed by atoms with E-state index in [2.05, 4.69) is 0 Å². The van der Waals surface area contributed by atoms with Crippen LogP contribution in [0.4, 0.5) is 0 Å². The van der Waals surface area contributed by atoms with Gasteiger partial charge < -0.3 is 13.8 Å². The Balaban J connectivity index is 4.37. The number of rotatable bonds is 9. The van der Waals surface area contributed by atoms with E-state index in [0.717, 1.165) is 0 Å². The lowest BCUT2D eigenvalue weighted by Crippen LogP contribution is -2.07. The first-order valence-electron chi connectivity index (χ1n) is 6.20. The molecule has 0 aromatic heterocycles. The minimum atomic E-state index is -3.05. The van der Waals surface area contributed by atoms with Gasteiger partial charge in [0, 0.05) is 6.08 Å². The highest BCUT2D eigenvalue weighted by molar-refractivity contribution is 7.53. The zero-order chi connectivity index (χ0) is 14.0. The first-order chi connectivity index (χ1) is 8.47. The summed E-state index contributed by atoms with van der Waals surface area (Å²) >= 11 is 0. The van der Waals surface area contributed by atoms with Crippen LogP contribution in [0.15, 0.2) is 12.2 Å². The summed E-state index contributed by atoms with van der Waals surface area (Å²) in [5, 5.41) is 0. The molecule has 0 N–H and O–H groups in total. The predicted octanol–water partition coefficient (Wildman–Crippen LogP) is 3.01. The van der Waals surface area contributed by atoms with E-state index in [1.807, 2.05) is 6.92 Å². The van der Waals surface area contributed by atoms with E-state index in [1.54, 1.807) is 26.8 Å². The highest BCUT2D eigenvalue weighted by Crippen LogP contribution is 2.49. The Morgan fingerprint density at radius 1 is 1.17 bits per heavy atom. The molecule has 0 bridgehead atoms. The Morgan fingerprint density at radius 3 is 2.17 bits per heavy atom. The van der Waals surface area contributed by atoms with Crippen LogP contribution in [0.1, 0.15) is 27.7 Å². The smallest absolute Gasteiger partial charge is 0.331 e. The summed E-state index contributed by atoms with van der Waals surface area (Å²) in [6.07, 6.45) is 3.25. The van der Waals surface area contributed by atoms with Gasteiger partial charge in [-0.25, -0.2) is 4.79 Å². The second-order valence-electron chi connectivity index (χ2n) is 3.72. The third-order valence-corrected chi connectivity index (χ3v) is 4.34. The van der Waals surface area contributed by atoms with Crippen molar-refractivity contribution in [2.24, 2.45) is 5.92 Å². The van der Waals surface area contributed by atoms with Crippen molar-refractivity contribution in [3.05, 3.63) is 12.2 Å². The fourth-order valence-electron chi connectivity index (χ4n) is 1.38. The van der Waals surface area contributed by atoms with Crippen molar-refractivity contribution in [2.75, 3.05) is 26.0 Å². The van der Waals surface area contributed by atoms with Crippen molar-refractivity contribution >= 4 is 13.6 Å². The van der Waals surface area contributed by atoms with Gasteiger partial charge in [-0.2, -0.15) is 0 Å². The molecule has 0 saturated heterocycles. The van der Waals surface area contributed by atoms with Gasteiger partial charge >= 0.3 is 13.6 Å². The van der Waals surface area contributed by atoms with Crippen LogP contribution < -0.4 is 0 Å². The van der Waals surface area contributed by atoms with E-state index >= 15 is 0 Å². The fourth-order valence-corrected chi connectivity index (χ4v) is 3.28. The Hall–Kier alpha value is -0.640. The molecular formula is C12H23O5P. The van der Waals surface area contributed by atoms with Gasteiger partial charge in [0.25, 0.3) is 0 Å². The van der Waals surface area contributed by atoms with Crippen molar-refractivity contribution in [3.8, 4) is 0 Å². The van der Waals surface area contributed by atoms with Crippen LogP contribution in [0.25, 0.3) is 0 Å². The molecule has 0 saturated carbocycles. The van der Waals surface area contributed by atoms with Crippen molar-refractivity contribution in [3.63, 3.8) is 0 Å². The quantitative estimate of drug-likeness (QED) is 0.368. The first kappa shape index (κ1) is 17.4. The average molecular weight is 278 g/mol. The molecular weight excluding hydrogens is 255 g/mol. The Labute approximate surface area is 109 Å². The average Bonchev–Trinajstić information content (AvgIpc) is 2.27. The monoisotopic (exact) mass is 278 g/mol. The van der Waals surface area contributed by atoms with E-state index in [0.29, 0.717) is 19.8 Å². The molecule has 0 rings (SSSR count). The van der Waals surface area contributed by atoms with Crippen LogP contribution in [0.5, 0.6) is 0 Å². The van der Waals surface area contributed by atoms with Gasteiger partial charge in [-0.1, -0.05) is 13.0 Å². The number of hydrogen-bond donors (Lipinski definition) is 0. The molecule has 0 aliphatic rings. The van der Waals surface area contributed by atoms with Crippen LogP contribution in [0.3, 0.4) is 0 Å². The number of carbonyl (C=O) groups excluding carboxylic acids is 1. The Morgan fingerprint density at radius 2 is 1.72 bits per heavy atom. The molecule has 0 unspecified atom stereocenters. The number of allylic oxidation sites excluding steroid dienone is 1. The van der Waals surface area contributed by atoms with Crippen molar-refractivity contribution in [1.82, 2.24) is 0 Å². The molecule has 6 heteroatoms. The highest BCUT2D eigenvalue weighted by Gasteiger charge is 2.25. The molecule has 0 spiro atoms. The third-order valence-electron chi connectivity index (χ3n) is 2.01. The van der Waals surface area contributed by atoms with E-state index < -0.39 is 13.6 Å². The van der Waals surface area contributed by atoms with Crippen molar-refractivity contribution in [1.29, 1.82) is 0 Å². The van der Waals surface area contributed by atoms with Crippen molar-refractivity contribution in [2.45, 2.75) is 27.7 Å². The van der Waals surface area contributed by atoms with Crippen LogP contribution in [0.2, 0.25) is 0 Å². The summed E-state index contributed by atoms with van der Waals surface area (Å²) in [6, 6.07) is 0. The summed E-state index contributed by atoms with van der Waals surface area (Å²) in [7, 11) is -3.05. The molecule has 0 aromatic rings.